The fourth-order valence-corrected chi connectivity index (χ4v) is 1.57. The highest BCUT2D eigenvalue weighted by atomic mass is 79.9. The van der Waals surface area contributed by atoms with Crippen LogP contribution in [0.5, 0.6) is 5.88 Å². The maximum absolute atomic E-state index is 5.44. The van der Waals surface area contributed by atoms with Gasteiger partial charge in [0.25, 0.3) is 0 Å². The number of hydrogen-bond donors (Lipinski definition) is 0. The number of nitrogens with zero attached hydrogens (tertiary/aromatic N) is 2. The molecule has 0 saturated carbocycles. The first-order valence-electron chi connectivity index (χ1n) is 4.40. The summed E-state index contributed by atoms with van der Waals surface area (Å²) in [5, 5.41) is 0. The van der Waals surface area contributed by atoms with Crippen LogP contribution >= 0.6 is 15.9 Å². The van der Waals surface area contributed by atoms with E-state index in [4.69, 9.17) is 9.15 Å². The third-order valence-corrected chi connectivity index (χ3v) is 2.13. The van der Waals surface area contributed by atoms with E-state index in [-0.39, 0.29) is 0 Å². The molecule has 4 nitrogen and oxygen atoms in total. The predicted octanol–water partition coefficient (Wildman–Crippen LogP) is 2.72. The lowest BCUT2D eigenvalue weighted by Crippen LogP contribution is -1.98. The van der Waals surface area contributed by atoms with Gasteiger partial charge in [-0.3, -0.25) is 0 Å². The summed E-state index contributed by atoms with van der Waals surface area (Å²) in [6, 6.07) is 5.39. The minimum absolute atomic E-state index is 0.371. The normalized spacial score (nSPS) is 10.3. The standard InChI is InChI=1S/C10H9BrN2O2/c1-7-12-9(11)5-10(13-7)15-6-8-3-2-4-14-8/h2-5H,6H2,1H3. The minimum Gasteiger partial charge on any atom is -0.469 e. The van der Waals surface area contributed by atoms with Gasteiger partial charge in [-0.15, -0.1) is 0 Å². The molecule has 0 aliphatic rings. The van der Waals surface area contributed by atoms with Crippen LogP contribution in [0.1, 0.15) is 11.6 Å². The molecule has 2 aromatic rings. The number of aromatic nitrogens is 2. The molecule has 0 atom stereocenters. The molecule has 5 heteroatoms. The Bertz CT molecular complexity index is 422. The van der Waals surface area contributed by atoms with Crippen LogP contribution in [0.4, 0.5) is 0 Å². The van der Waals surface area contributed by atoms with Crippen LogP contribution in [0.15, 0.2) is 33.5 Å². The molecule has 15 heavy (non-hydrogen) atoms. The van der Waals surface area contributed by atoms with Crippen molar-refractivity contribution in [3.8, 4) is 5.88 Å². The average molecular weight is 269 g/mol. The van der Waals surface area contributed by atoms with E-state index in [1.807, 2.05) is 19.1 Å². The highest BCUT2D eigenvalue weighted by Crippen LogP contribution is 2.15. The highest BCUT2D eigenvalue weighted by molar-refractivity contribution is 9.10. The summed E-state index contributed by atoms with van der Waals surface area (Å²) in [5.41, 5.74) is 0. The number of rotatable bonds is 3. The van der Waals surface area contributed by atoms with Gasteiger partial charge in [-0.2, -0.15) is 4.98 Å². The van der Waals surface area contributed by atoms with Crippen molar-refractivity contribution in [2.24, 2.45) is 0 Å². The molecule has 0 fully saturated rings. The number of furan rings is 1. The van der Waals surface area contributed by atoms with Crippen LogP contribution < -0.4 is 4.74 Å². The zero-order chi connectivity index (χ0) is 10.7. The molecule has 78 valence electrons. The van der Waals surface area contributed by atoms with Gasteiger partial charge in [0.05, 0.1) is 6.26 Å². The maximum atomic E-state index is 5.44. The first kappa shape index (κ1) is 10.2. The topological polar surface area (TPSA) is 48.2 Å². The minimum atomic E-state index is 0.371. The summed E-state index contributed by atoms with van der Waals surface area (Å²) in [6.07, 6.45) is 1.61. The van der Waals surface area contributed by atoms with Gasteiger partial charge in [0.1, 0.15) is 22.8 Å². The lowest BCUT2D eigenvalue weighted by molar-refractivity contribution is 0.259. The first-order valence-corrected chi connectivity index (χ1v) is 5.20. The van der Waals surface area contributed by atoms with Gasteiger partial charge in [0.2, 0.25) is 5.88 Å². The molecule has 0 bridgehead atoms. The number of ether oxygens (including phenoxy) is 1. The Morgan fingerprint density at radius 3 is 3.00 bits per heavy atom. The Kier molecular flexibility index (Phi) is 3.01. The molecule has 0 radical (unpaired) electrons. The van der Waals surface area contributed by atoms with E-state index in [1.54, 1.807) is 12.3 Å². The van der Waals surface area contributed by atoms with Crippen molar-refractivity contribution in [2.75, 3.05) is 0 Å². The maximum Gasteiger partial charge on any atom is 0.218 e. The Hall–Kier alpha value is -1.36. The molecule has 0 saturated heterocycles. The highest BCUT2D eigenvalue weighted by Gasteiger charge is 2.02. The van der Waals surface area contributed by atoms with Crippen molar-refractivity contribution in [3.63, 3.8) is 0 Å². The summed E-state index contributed by atoms with van der Waals surface area (Å²) in [5.74, 6) is 1.96. The van der Waals surface area contributed by atoms with Crippen LogP contribution in [0.3, 0.4) is 0 Å². The van der Waals surface area contributed by atoms with E-state index in [0.717, 1.165) is 5.76 Å². The van der Waals surface area contributed by atoms with Crippen molar-refractivity contribution < 1.29 is 9.15 Å². The first-order chi connectivity index (χ1) is 7.24. The molecule has 0 amide bonds. The van der Waals surface area contributed by atoms with Gasteiger partial charge in [-0.25, -0.2) is 4.98 Å². The molecule has 0 aliphatic heterocycles. The molecule has 0 unspecified atom stereocenters. The monoisotopic (exact) mass is 268 g/mol. The molecule has 2 rings (SSSR count). The zero-order valence-electron chi connectivity index (χ0n) is 8.11. The fraction of sp³-hybridized carbons (Fsp3) is 0.200. The molecule has 2 heterocycles. The van der Waals surface area contributed by atoms with Gasteiger partial charge in [-0.05, 0) is 35.0 Å². The van der Waals surface area contributed by atoms with Gasteiger partial charge >= 0.3 is 0 Å². The Morgan fingerprint density at radius 2 is 2.33 bits per heavy atom. The second-order valence-corrected chi connectivity index (χ2v) is 3.76. The van der Waals surface area contributed by atoms with Crippen molar-refractivity contribution in [1.82, 2.24) is 9.97 Å². The van der Waals surface area contributed by atoms with Crippen LogP contribution in [0.25, 0.3) is 0 Å². The molecule has 0 N–H and O–H groups in total. The Balaban J connectivity index is 2.05. The average Bonchev–Trinajstić information content (AvgIpc) is 2.65. The van der Waals surface area contributed by atoms with Crippen LogP contribution in [0.2, 0.25) is 0 Å². The molecule has 0 aliphatic carbocycles. The van der Waals surface area contributed by atoms with Crippen molar-refractivity contribution in [1.29, 1.82) is 0 Å². The molecule has 0 spiro atoms. The van der Waals surface area contributed by atoms with Crippen LogP contribution in [-0.2, 0) is 6.61 Å². The lowest BCUT2D eigenvalue weighted by atomic mass is 10.5. The SMILES string of the molecule is Cc1nc(Br)cc(OCc2ccco2)n1. The van der Waals surface area contributed by atoms with Gasteiger partial charge < -0.3 is 9.15 Å². The van der Waals surface area contributed by atoms with Crippen molar-refractivity contribution in [2.45, 2.75) is 13.5 Å². The molecular formula is C10H9BrN2O2. The Labute approximate surface area is 95.4 Å². The quantitative estimate of drug-likeness (QED) is 0.804. The van der Waals surface area contributed by atoms with E-state index in [2.05, 4.69) is 25.9 Å². The second-order valence-electron chi connectivity index (χ2n) is 2.94. The van der Waals surface area contributed by atoms with E-state index in [9.17, 15) is 0 Å². The van der Waals surface area contributed by atoms with Gasteiger partial charge in [0.15, 0.2) is 0 Å². The zero-order valence-corrected chi connectivity index (χ0v) is 9.69. The Morgan fingerprint density at radius 1 is 1.47 bits per heavy atom. The smallest absolute Gasteiger partial charge is 0.218 e. The van der Waals surface area contributed by atoms with E-state index >= 15 is 0 Å². The van der Waals surface area contributed by atoms with E-state index in [1.165, 1.54) is 0 Å². The van der Waals surface area contributed by atoms with Crippen molar-refractivity contribution >= 4 is 15.9 Å². The third-order valence-electron chi connectivity index (χ3n) is 1.73. The van der Waals surface area contributed by atoms with Gasteiger partial charge in [-0.1, -0.05) is 0 Å². The van der Waals surface area contributed by atoms with Crippen LogP contribution in [0, 0.1) is 6.92 Å². The van der Waals surface area contributed by atoms with Crippen LogP contribution in [-0.4, -0.2) is 9.97 Å². The second kappa shape index (κ2) is 4.44. The predicted molar refractivity (Wildman–Crippen MR) is 57.5 cm³/mol. The number of halogens is 1. The largest absolute Gasteiger partial charge is 0.469 e. The third kappa shape index (κ3) is 2.79. The molecular weight excluding hydrogens is 260 g/mol. The van der Waals surface area contributed by atoms with Gasteiger partial charge in [0, 0.05) is 6.07 Å². The van der Waals surface area contributed by atoms with E-state index in [0.29, 0.717) is 22.9 Å². The molecule has 2 aromatic heterocycles. The summed E-state index contributed by atoms with van der Waals surface area (Å²) in [6.45, 7) is 2.18. The number of hydrogen-bond acceptors (Lipinski definition) is 4. The number of aryl methyl sites for hydroxylation is 1. The lowest BCUT2D eigenvalue weighted by Gasteiger charge is -2.03. The van der Waals surface area contributed by atoms with E-state index < -0.39 is 0 Å². The summed E-state index contributed by atoms with van der Waals surface area (Å²) in [4.78, 5) is 8.21. The molecule has 0 aromatic carbocycles. The summed E-state index contributed by atoms with van der Waals surface area (Å²) < 4.78 is 11.3. The summed E-state index contributed by atoms with van der Waals surface area (Å²) in [7, 11) is 0. The van der Waals surface area contributed by atoms with Crippen molar-refractivity contribution in [3.05, 3.63) is 40.7 Å². The fourth-order valence-electron chi connectivity index (χ4n) is 1.12. The summed E-state index contributed by atoms with van der Waals surface area (Å²) >= 11 is 3.28.